The van der Waals surface area contributed by atoms with E-state index in [1.165, 1.54) is 4.68 Å². The second kappa shape index (κ2) is 5.79. The van der Waals surface area contributed by atoms with Crippen LogP contribution in [0.15, 0.2) is 4.60 Å². The summed E-state index contributed by atoms with van der Waals surface area (Å²) in [5.74, 6) is -0.437. The molecule has 0 aliphatic carbocycles. The van der Waals surface area contributed by atoms with Crippen LogP contribution in [-0.2, 0) is 4.74 Å². The monoisotopic (exact) mass is 373 g/mol. The lowest BCUT2D eigenvalue weighted by molar-refractivity contribution is 0.0288. The second-order valence-electron chi connectivity index (χ2n) is 6.23. The minimum absolute atomic E-state index is 0.114. The average molecular weight is 374 g/mol. The number of hydrogen-bond acceptors (Lipinski definition) is 5. The van der Waals surface area contributed by atoms with Gasteiger partial charge in [0.25, 0.3) is 5.91 Å². The Balaban J connectivity index is 2.13. The molecular formula is C13H20BrN5O3. The highest BCUT2D eigenvalue weighted by molar-refractivity contribution is 9.10. The molecule has 0 spiro atoms. The third-order valence-corrected chi connectivity index (χ3v) is 3.87. The summed E-state index contributed by atoms with van der Waals surface area (Å²) in [6.45, 7) is 6.43. The van der Waals surface area contributed by atoms with Crippen molar-refractivity contribution in [3.05, 3.63) is 10.2 Å². The van der Waals surface area contributed by atoms with E-state index in [0.717, 1.165) is 0 Å². The van der Waals surface area contributed by atoms with Crippen molar-refractivity contribution >= 4 is 33.7 Å². The van der Waals surface area contributed by atoms with Gasteiger partial charge in [-0.25, -0.2) is 9.48 Å². The molecule has 1 aliphatic rings. The molecule has 9 heteroatoms. The molecular weight excluding hydrogens is 354 g/mol. The Morgan fingerprint density at radius 2 is 2.05 bits per heavy atom. The molecule has 2 amide bonds. The van der Waals surface area contributed by atoms with E-state index in [0.29, 0.717) is 24.1 Å². The maximum atomic E-state index is 12.1. The van der Waals surface area contributed by atoms with Crippen molar-refractivity contribution in [3.8, 4) is 0 Å². The molecule has 122 valence electrons. The molecule has 1 aromatic heterocycles. The van der Waals surface area contributed by atoms with Gasteiger partial charge in [-0.05, 0) is 43.1 Å². The molecule has 0 bridgehead atoms. The van der Waals surface area contributed by atoms with Gasteiger partial charge in [0.2, 0.25) is 0 Å². The minimum Gasteiger partial charge on any atom is -0.444 e. The number of carbonyl (C=O) groups excluding carboxylic acids is 2. The van der Waals surface area contributed by atoms with Gasteiger partial charge < -0.3 is 21.1 Å². The fourth-order valence-electron chi connectivity index (χ4n) is 2.36. The number of aromatic nitrogens is 2. The Hall–Kier alpha value is -1.77. The van der Waals surface area contributed by atoms with Crippen molar-refractivity contribution in [2.24, 2.45) is 5.73 Å². The lowest BCUT2D eigenvalue weighted by Crippen LogP contribution is -2.35. The van der Waals surface area contributed by atoms with E-state index in [4.69, 9.17) is 16.2 Å². The standard InChI is InChI=1S/C13H20BrN5O3/c1-13(2,3)22-12(21)18-5-4-7(6-18)19-10(15)8(11(16)20)9(14)17-19/h7H,4-6,15H2,1-3H3,(H2,16,20). The summed E-state index contributed by atoms with van der Waals surface area (Å²) in [6.07, 6.45) is 0.311. The molecule has 1 aromatic rings. The van der Waals surface area contributed by atoms with Crippen LogP contribution in [0.4, 0.5) is 10.6 Å². The maximum absolute atomic E-state index is 12.1. The summed E-state index contributed by atoms with van der Waals surface area (Å²) in [5.41, 5.74) is 10.9. The van der Waals surface area contributed by atoms with Crippen molar-refractivity contribution in [2.75, 3.05) is 18.8 Å². The highest BCUT2D eigenvalue weighted by Crippen LogP contribution is 2.30. The first-order valence-electron chi connectivity index (χ1n) is 6.91. The first-order valence-corrected chi connectivity index (χ1v) is 7.70. The second-order valence-corrected chi connectivity index (χ2v) is 6.98. The minimum atomic E-state index is -0.641. The highest BCUT2D eigenvalue weighted by Gasteiger charge is 2.33. The molecule has 0 aromatic carbocycles. The summed E-state index contributed by atoms with van der Waals surface area (Å²) >= 11 is 3.18. The Morgan fingerprint density at radius 1 is 1.41 bits per heavy atom. The number of ether oxygens (including phenoxy) is 1. The number of anilines is 1. The van der Waals surface area contributed by atoms with Crippen LogP contribution in [0.1, 0.15) is 43.6 Å². The first kappa shape index (κ1) is 16.6. The Morgan fingerprint density at radius 3 is 2.55 bits per heavy atom. The Labute approximate surface area is 136 Å². The lowest BCUT2D eigenvalue weighted by atomic mass is 10.2. The van der Waals surface area contributed by atoms with Gasteiger partial charge in [-0.15, -0.1) is 0 Å². The quantitative estimate of drug-likeness (QED) is 0.814. The Kier molecular flexibility index (Phi) is 4.37. The molecule has 1 unspecified atom stereocenters. The summed E-state index contributed by atoms with van der Waals surface area (Å²) < 4.78 is 7.20. The number of carbonyl (C=O) groups is 2. The van der Waals surface area contributed by atoms with Gasteiger partial charge in [0.05, 0.1) is 6.04 Å². The van der Waals surface area contributed by atoms with Crippen LogP contribution in [0.2, 0.25) is 0 Å². The molecule has 1 atom stereocenters. The van der Waals surface area contributed by atoms with E-state index in [9.17, 15) is 9.59 Å². The summed E-state index contributed by atoms with van der Waals surface area (Å²) in [7, 11) is 0. The van der Waals surface area contributed by atoms with Crippen LogP contribution >= 0.6 is 15.9 Å². The van der Waals surface area contributed by atoms with Crippen molar-refractivity contribution in [3.63, 3.8) is 0 Å². The third-order valence-electron chi connectivity index (χ3n) is 3.31. The normalized spacial score (nSPS) is 18.5. The highest BCUT2D eigenvalue weighted by atomic mass is 79.9. The zero-order chi connectivity index (χ0) is 16.7. The fourth-order valence-corrected chi connectivity index (χ4v) is 2.93. The van der Waals surface area contributed by atoms with Gasteiger partial charge in [0.15, 0.2) is 0 Å². The van der Waals surface area contributed by atoms with Crippen LogP contribution in [0.25, 0.3) is 0 Å². The molecule has 22 heavy (non-hydrogen) atoms. The average Bonchev–Trinajstić information content (AvgIpc) is 2.91. The topological polar surface area (TPSA) is 116 Å². The molecule has 1 fully saturated rings. The van der Waals surface area contributed by atoms with Gasteiger partial charge in [-0.2, -0.15) is 5.10 Å². The molecule has 0 saturated carbocycles. The Bertz CT molecular complexity index is 608. The number of nitrogens with two attached hydrogens (primary N) is 2. The summed E-state index contributed by atoms with van der Waals surface area (Å²) in [5, 5.41) is 4.21. The zero-order valence-corrected chi connectivity index (χ0v) is 14.4. The van der Waals surface area contributed by atoms with E-state index in [1.54, 1.807) is 4.90 Å². The van der Waals surface area contributed by atoms with E-state index in [2.05, 4.69) is 21.0 Å². The summed E-state index contributed by atoms with van der Waals surface area (Å²) in [4.78, 5) is 25.0. The van der Waals surface area contributed by atoms with Crippen LogP contribution in [-0.4, -0.2) is 45.4 Å². The predicted octanol–water partition coefficient (Wildman–Crippen LogP) is 1.51. The van der Waals surface area contributed by atoms with Crippen molar-refractivity contribution in [1.82, 2.24) is 14.7 Å². The summed E-state index contributed by atoms with van der Waals surface area (Å²) in [6, 6.07) is -0.114. The van der Waals surface area contributed by atoms with Gasteiger partial charge in [-0.3, -0.25) is 4.79 Å². The van der Waals surface area contributed by atoms with E-state index in [-0.39, 0.29) is 23.5 Å². The number of hydrogen-bond donors (Lipinski definition) is 2. The van der Waals surface area contributed by atoms with Gasteiger partial charge in [0, 0.05) is 13.1 Å². The van der Waals surface area contributed by atoms with E-state index in [1.807, 2.05) is 20.8 Å². The molecule has 0 radical (unpaired) electrons. The SMILES string of the molecule is CC(C)(C)OC(=O)N1CCC(n2nc(Br)c(C(N)=O)c2N)C1. The zero-order valence-electron chi connectivity index (χ0n) is 12.8. The number of nitrogens with zero attached hydrogens (tertiary/aromatic N) is 3. The van der Waals surface area contributed by atoms with E-state index < -0.39 is 11.5 Å². The predicted molar refractivity (Wildman–Crippen MR) is 84.3 cm³/mol. The van der Waals surface area contributed by atoms with Crippen LogP contribution in [0, 0.1) is 0 Å². The van der Waals surface area contributed by atoms with Crippen molar-refractivity contribution < 1.29 is 14.3 Å². The molecule has 4 N–H and O–H groups in total. The number of primary amides is 1. The fraction of sp³-hybridized carbons (Fsp3) is 0.615. The lowest BCUT2D eigenvalue weighted by Gasteiger charge is -2.24. The number of halogens is 1. The van der Waals surface area contributed by atoms with Crippen LogP contribution in [0.5, 0.6) is 0 Å². The molecule has 2 rings (SSSR count). The maximum Gasteiger partial charge on any atom is 0.410 e. The molecule has 1 saturated heterocycles. The smallest absolute Gasteiger partial charge is 0.410 e. The van der Waals surface area contributed by atoms with Crippen molar-refractivity contribution in [1.29, 1.82) is 0 Å². The third kappa shape index (κ3) is 3.34. The molecule has 8 nitrogen and oxygen atoms in total. The van der Waals surface area contributed by atoms with Crippen LogP contribution < -0.4 is 11.5 Å². The number of nitrogen functional groups attached to an aromatic ring is 1. The molecule has 1 aliphatic heterocycles. The number of likely N-dealkylation sites (tertiary alicyclic amines) is 1. The van der Waals surface area contributed by atoms with Crippen LogP contribution in [0.3, 0.4) is 0 Å². The molecule has 2 heterocycles. The number of rotatable bonds is 2. The van der Waals surface area contributed by atoms with E-state index >= 15 is 0 Å². The number of amides is 2. The van der Waals surface area contributed by atoms with Crippen molar-refractivity contribution in [2.45, 2.75) is 38.8 Å². The van der Waals surface area contributed by atoms with Gasteiger partial charge in [0.1, 0.15) is 21.6 Å². The first-order chi connectivity index (χ1) is 10.1. The largest absolute Gasteiger partial charge is 0.444 e. The van der Waals surface area contributed by atoms with Gasteiger partial charge in [-0.1, -0.05) is 0 Å². The van der Waals surface area contributed by atoms with Gasteiger partial charge >= 0.3 is 6.09 Å².